The van der Waals surface area contributed by atoms with Gasteiger partial charge in [-0.25, -0.2) is 0 Å². The topological polar surface area (TPSA) is 12.0 Å². The summed E-state index contributed by atoms with van der Waals surface area (Å²) in [5.41, 5.74) is 1.53. The molecule has 0 amide bonds. The van der Waals surface area contributed by atoms with Crippen LogP contribution in [0.5, 0.6) is 0 Å². The lowest BCUT2D eigenvalue weighted by Gasteiger charge is -2.31. The van der Waals surface area contributed by atoms with Crippen molar-refractivity contribution in [1.29, 1.82) is 0 Å². The molecule has 0 aliphatic heterocycles. The zero-order valence-corrected chi connectivity index (χ0v) is 14.0. The van der Waals surface area contributed by atoms with E-state index in [9.17, 15) is 0 Å². The van der Waals surface area contributed by atoms with Gasteiger partial charge in [-0.2, -0.15) is 0 Å². The summed E-state index contributed by atoms with van der Waals surface area (Å²) < 4.78 is 0. The van der Waals surface area contributed by atoms with E-state index in [1.54, 1.807) is 0 Å². The second-order valence-electron chi connectivity index (χ2n) is 6.84. The van der Waals surface area contributed by atoms with Crippen LogP contribution >= 0.6 is 0 Å². The van der Waals surface area contributed by atoms with Crippen LogP contribution in [0.2, 0.25) is 0 Å². The van der Waals surface area contributed by atoms with Crippen LogP contribution in [-0.2, 0) is 0 Å². The molecule has 2 rings (SSSR count). The van der Waals surface area contributed by atoms with E-state index < -0.39 is 0 Å². The molecule has 0 heterocycles. The molecule has 0 bridgehead atoms. The third-order valence-electron chi connectivity index (χ3n) is 5.25. The summed E-state index contributed by atoms with van der Waals surface area (Å²) in [6.07, 6.45) is 9.81. The summed E-state index contributed by atoms with van der Waals surface area (Å²) in [5, 5.41) is 3.64. The molecule has 0 saturated heterocycles. The smallest absolute Gasteiger partial charge is 0.00202 e. The van der Waals surface area contributed by atoms with Crippen molar-refractivity contribution in [1.82, 2.24) is 5.32 Å². The van der Waals surface area contributed by atoms with Crippen LogP contribution in [0.1, 0.15) is 70.3 Å². The summed E-state index contributed by atoms with van der Waals surface area (Å²) in [6, 6.07) is 11.1. The highest BCUT2D eigenvalue weighted by molar-refractivity contribution is 5.20. The van der Waals surface area contributed by atoms with Crippen molar-refractivity contribution in [3.8, 4) is 0 Å². The van der Waals surface area contributed by atoms with E-state index in [1.165, 1.54) is 50.5 Å². The van der Waals surface area contributed by atoms with E-state index in [4.69, 9.17) is 0 Å². The minimum absolute atomic E-state index is 0.695. The van der Waals surface area contributed by atoms with Gasteiger partial charge in [0.15, 0.2) is 0 Å². The Morgan fingerprint density at radius 3 is 2.29 bits per heavy atom. The van der Waals surface area contributed by atoms with Gasteiger partial charge >= 0.3 is 0 Å². The third kappa shape index (κ3) is 5.47. The van der Waals surface area contributed by atoms with Crippen LogP contribution in [0.3, 0.4) is 0 Å². The SMILES string of the molecule is CCCNCC(CC1CCC(CC)CC1)c1ccccc1. The maximum atomic E-state index is 3.64. The fraction of sp³-hybridized carbons (Fsp3) is 0.700. The van der Waals surface area contributed by atoms with Crippen molar-refractivity contribution in [2.24, 2.45) is 11.8 Å². The summed E-state index contributed by atoms with van der Waals surface area (Å²) in [5.74, 6) is 2.65. The van der Waals surface area contributed by atoms with E-state index in [2.05, 4.69) is 49.5 Å². The Morgan fingerprint density at radius 2 is 1.67 bits per heavy atom. The van der Waals surface area contributed by atoms with E-state index in [0.717, 1.165) is 24.9 Å². The van der Waals surface area contributed by atoms with Crippen LogP contribution in [-0.4, -0.2) is 13.1 Å². The molecule has 1 nitrogen and oxygen atoms in total. The molecular weight excluding hydrogens is 254 g/mol. The van der Waals surface area contributed by atoms with Crippen LogP contribution in [0.25, 0.3) is 0 Å². The Kier molecular flexibility index (Phi) is 7.29. The van der Waals surface area contributed by atoms with Crippen LogP contribution in [0.15, 0.2) is 30.3 Å². The average molecular weight is 287 g/mol. The minimum Gasteiger partial charge on any atom is -0.316 e. The highest BCUT2D eigenvalue weighted by Crippen LogP contribution is 2.36. The van der Waals surface area contributed by atoms with Gasteiger partial charge in [-0.05, 0) is 42.7 Å². The van der Waals surface area contributed by atoms with Gasteiger partial charge in [0.25, 0.3) is 0 Å². The molecule has 1 aliphatic rings. The molecule has 1 aromatic rings. The number of nitrogens with one attached hydrogen (secondary N) is 1. The first-order valence-electron chi connectivity index (χ1n) is 9.09. The van der Waals surface area contributed by atoms with Crippen molar-refractivity contribution >= 4 is 0 Å². The Hall–Kier alpha value is -0.820. The molecule has 1 saturated carbocycles. The van der Waals surface area contributed by atoms with Crippen LogP contribution in [0.4, 0.5) is 0 Å². The normalized spacial score (nSPS) is 23.9. The second kappa shape index (κ2) is 9.25. The van der Waals surface area contributed by atoms with Gasteiger partial charge in [0.2, 0.25) is 0 Å². The van der Waals surface area contributed by atoms with E-state index in [-0.39, 0.29) is 0 Å². The molecule has 0 radical (unpaired) electrons. The first-order chi connectivity index (χ1) is 10.3. The van der Waals surface area contributed by atoms with Crippen LogP contribution in [0, 0.1) is 11.8 Å². The Bertz CT molecular complexity index is 365. The molecule has 21 heavy (non-hydrogen) atoms. The second-order valence-corrected chi connectivity index (χ2v) is 6.84. The Labute approximate surface area is 131 Å². The molecule has 118 valence electrons. The summed E-state index contributed by atoms with van der Waals surface area (Å²) in [4.78, 5) is 0. The molecule has 1 N–H and O–H groups in total. The van der Waals surface area contributed by atoms with Crippen molar-refractivity contribution in [3.63, 3.8) is 0 Å². The van der Waals surface area contributed by atoms with Crippen molar-refractivity contribution < 1.29 is 0 Å². The summed E-state index contributed by atoms with van der Waals surface area (Å²) in [7, 11) is 0. The largest absolute Gasteiger partial charge is 0.316 e. The summed E-state index contributed by atoms with van der Waals surface area (Å²) >= 11 is 0. The van der Waals surface area contributed by atoms with Crippen LogP contribution < -0.4 is 5.32 Å². The summed E-state index contributed by atoms with van der Waals surface area (Å²) in [6.45, 7) is 6.89. The molecule has 1 heteroatoms. The predicted molar refractivity (Wildman–Crippen MR) is 92.7 cm³/mol. The fourth-order valence-electron chi connectivity index (χ4n) is 3.79. The highest BCUT2D eigenvalue weighted by atomic mass is 14.8. The minimum atomic E-state index is 0.695. The first kappa shape index (κ1) is 16.5. The standard InChI is InChI=1S/C20H33N/c1-3-14-21-16-20(19-8-6-5-7-9-19)15-18-12-10-17(4-2)11-13-18/h5-9,17-18,20-21H,3-4,10-16H2,1-2H3. The lowest BCUT2D eigenvalue weighted by molar-refractivity contribution is 0.246. The van der Waals surface area contributed by atoms with Gasteiger partial charge in [-0.1, -0.05) is 76.3 Å². The lowest BCUT2D eigenvalue weighted by atomic mass is 9.76. The lowest BCUT2D eigenvalue weighted by Crippen LogP contribution is -2.25. The molecule has 0 spiro atoms. The van der Waals surface area contributed by atoms with Crippen molar-refractivity contribution in [2.45, 2.75) is 64.7 Å². The number of hydrogen-bond acceptors (Lipinski definition) is 1. The molecule has 1 atom stereocenters. The third-order valence-corrected chi connectivity index (χ3v) is 5.25. The van der Waals surface area contributed by atoms with Gasteiger partial charge in [0.1, 0.15) is 0 Å². The van der Waals surface area contributed by atoms with Crippen molar-refractivity contribution in [2.75, 3.05) is 13.1 Å². The highest BCUT2D eigenvalue weighted by Gasteiger charge is 2.23. The van der Waals surface area contributed by atoms with Gasteiger partial charge in [0, 0.05) is 6.54 Å². The molecule has 1 fully saturated rings. The van der Waals surface area contributed by atoms with E-state index in [1.807, 2.05) is 0 Å². The van der Waals surface area contributed by atoms with Gasteiger partial charge in [-0.15, -0.1) is 0 Å². The maximum Gasteiger partial charge on any atom is 0.00202 e. The molecule has 0 aromatic heterocycles. The molecular formula is C20H33N. The van der Waals surface area contributed by atoms with Gasteiger partial charge in [0.05, 0.1) is 0 Å². The fourth-order valence-corrected chi connectivity index (χ4v) is 3.79. The maximum absolute atomic E-state index is 3.64. The molecule has 1 aliphatic carbocycles. The number of rotatable bonds is 8. The predicted octanol–water partition coefficient (Wildman–Crippen LogP) is 5.38. The van der Waals surface area contributed by atoms with Gasteiger partial charge < -0.3 is 5.32 Å². The molecule has 1 unspecified atom stereocenters. The van der Waals surface area contributed by atoms with E-state index in [0.29, 0.717) is 5.92 Å². The quantitative estimate of drug-likeness (QED) is 0.633. The molecule has 1 aromatic carbocycles. The number of benzene rings is 1. The average Bonchev–Trinajstić information content (AvgIpc) is 2.55. The first-order valence-corrected chi connectivity index (χ1v) is 9.09. The monoisotopic (exact) mass is 287 g/mol. The zero-order valence-electron chi connectivity index (χ0n) is 14.0. The Morgan fingerprint density at radius 1 is 1.00 bits per heavy atom. The van der Waals surface area contributed by atoms with E-state index >= 15 is 0 Å². The Balaban J connectivity index is 1.90. The van der Waals surface area contributed by atoms with Crippen molar-refractivity contribution in [3.05, 3.63) is 35.9 Å². The van der Waals surface area contributed by atoms with Gasteiger partial charge in [-0.3, -0.25) is 0 Å². The number of hydrogen-bond donors (Lipinski definition) is 1. The zero-order chi connectivity index (χ0) is 14.9.